The van der Waals surface area contributed by atoms with Gasteiger partial charge >= 0.3 is 0 Å². The number of benzene rings is 1. The second kappa shape index (κ2) is 6.93. The Bertz CT molecular complexity index is 433. The van der Waals surface area contributed by atoms with Crippen LogP contribution in [0.2, 0.25) is 0 Å². The van der Waals surface area contributed by atoms with E-state index in [2.05, 4.69) is 36.1 Å². The van der Waals surface area contributed by atoms with Crippen molar-refractivity contribution in [1.29, 1.82) is 0 Å². The van der Waals surface area contributed by atoms with E-state index in [4.69, 9.17) is 5.73 Å². The molecule has 2 atom stereocenters. The van der Waals surface area contributed by atoms with Gasteiger partial charge < -0.3 is 5.73 Å². The van der Waals surface area contributed by atoms with Gasteiger partial charge in [0.2, 0.25) is 0 Å². The molecule has 1 aromatic rings. The molecule has 0 amide bonds. The maximum absolute atomic E-state index is 6.16. The van der Waals surface area contributed by atoms with Crippen LogP contribution in [0.15, 0.2) is 24.3 Å². The Morgan fingerprint density at radius 1 is 1.14 bits per heavy atom. The summed E-state index contributed by atoms with van der Waals surface area (Å²) in [5.74, 6) is 0.846. The van der Waals surface area contributed by atoms with Crippen molar-refractivity contribution in [2.75, 3.05) is 13.1 Å². The lowest BCUT2D eigenvalue weighted by Gasteiger charge is -2.41. The minimum Gasteiger partial charge on any atom is -0.329 e. The first kappa shape index (κ1) is 15.1. The fourth-order valence-electron chi connectivity index (χ4n) is 3.95. The smallest absolute Gasteiger partial charge is 0.0473 e. The summed E-state index contributed by atoms with van der Waals surface area (Å²) < 4.78 is 0. The van der Waals surface area contributed by atoms with Gasteiger partial charge in [0.15, 0.2) is 0 Å². The van der Waals surface area contributed by atoms with Crippen molar-refractivity contribution >= 4 is 0 Å². The molecule has 2 unspecified atom stereocenters. The molecule has 0 bridgehead atoms. The van der Waals surface area contributed by atoms with Crippen LogP contribution in [0.25, 0.3) is 0 Å². The van der Waals surface area contributed by atoms with E-state index in [-0.39, 0.29) is 0 Å². The van der Waals surface area contributed by atoms with Gasteiger partial charge in [0.05, 0.1) is 0 Å². The summed E-state index contributed by atoms with van der Waals surface area (Å²) in [6, 6.07) is 10.5. The predicted octanol–water partition coefficient (Wildman–Crippen LogP) is 4.22. The second-order valence-electron chi connectivity index (χ2n) is 6.87. The van der Waals surface area contributed by atoms with Gasteiger partial charge in [-0.1, -0.05) is 44.0 Å². The molecule has 1 aromatic carbocycles. The first-order valence-corrected chi connectivity index (χ1v) is 8.89. The van der Waals surface area contributed by atoms with E-state index in [9.17, 15) is 0 Å². The lowest BCUT2D eigenvalue weighted by atomic mass is 9.93. The van der Waals surface area contributed by atoms with Crippen LogP contribution in [0.3, 0.4) is 0 Å². The highest BCUT2D eigenvalue weighted by molar-refractivity contribution is 5.30. The van der Waals surface area contributed by atoms with E-state index >= 15 is 0 Å². The van der Waals surface area contributed by atoms with Crippen LogP contribution in [0, 0.1) is 0 Å². The number of hydrogen-bond acceptors (Lipinski definition) is 2. The lowest BCUT2D eigenvalue weighted by Crippen LogP contribution is -2.44. The minimum atomic E-state index is 0.412. The van der Waals surface area contributed by atoms with Gasteiger partial charge in [0.25, 0.3) is 0 Å². The average molecular weight is 286 g/mol. The Morgan fingerprint density at radius 2 is 1.90 bits per heavy atom. The Morgan fingerprint density at radius 3 is 2.52 bits per heavy atom. The maximum Gasteiger partial charge on any atom is 0.0473 e. The molecule has 0 aromatic heterocycles. The highest BCUT2D eigenvalue weighted by atomic mass is 15.2. The zero-order valence-corrected chi connectivity index (χ0v) is 13.4. The van der Waals surface area contributed by atoms with Gasteiger partial charge in [0, 0.05) is 18.6 Å². The minimum absolute atomic E-state index is 0.412. The molecule has 2 nitrogen and oxygen atoms in total. The topological polar surface area (TPSA) is 29.3 Å². The van der Waals surface area contributed by atoms with Crippen molar-refractivity contribution in [2.24, 2.45) is 5.73 Å². The molecule has 1 heterocycles. The third kappa shape index (κ3) is 3.49. The van der Waals surface area contributed by atoms with E-state index in [1.807, 2.05) is 0 Å². The summed E-state index contributed by atoms with van der Waals surface area (Å²) >= 11 is 0. The molecule has 1 saturated carbocycles. The Balaban J connectivity index is 1.75. The summed E-state index contributed by atoms with van der Waals surface area (Å²) in [5.41, 5.74) is 9.11. The Hall–Kier alpha value is -0.860. The number of hydrogen-bond donors (Lipinski definition) is 1. The number of nitrogens with two attached hydrogens (primary N) is 1. The van der Waals surface area contributed by atoms with Gasteiger partial charge in [-0.05, 0) is 55.7 Å². The van der Waals surface area contributed by atoms with Crippen molar-refractivity contribution in [1.82, 2.24) is 4.90 Å². The quantitative estimate of drug-likeness (QED) is 0.848. The fourth-order valence-corrected chi connectivity index (χ4v) is 3.95. The van der Waals surface area contributed by atoms with Crippen LogP contribution in [0.1, 0.15) is 75.0 Å². The van der Waals surface area contributed by atoms with Gasteiger partial charge in [-0.2, -0.15) is 0 Å². The Labute approximate surface area is 129 Å². The summed E-state index contributed by atoms with van der Waals surface area (Å²) in [4.78, 5) is 2.69. The molecule has 2 N–H and O–H groups in total. The van der Waals surface area contributed by atoms with Crippen molar-refractivity contribution in [3.05, 3.63) is 35.4 Å². The average Bonchev–Trinajstić information content (AvgIpc) is 3.35. The van der Waals surface area contributed by atoms with Crippen molar-refractivity contribution < 1.29 is 0 Å². The molecule has 21 heavy (non-hydrogen) atoms. The van der Waals surface area contributed by atoms with Crippen LogP contribution < -0.4 is 5.73 Å². The van der Waals surface area contributed by atoms with E-state index < -0.39 is 0 Å². The van der Waals surface area contributed by atoms with Crippen molar-refractivity contribution in [3.8, 4) is 0 Å². The second-order valence-corrected chi connectivity index (χ2v) is 6.87. The van der Waals surface area contributed by atoms with E-state index in [0.29, 0.717) is 6.04 Å². The maximum atomic E-state index is 6.16. The van der Waals surface area contributed by atoms with Gasteiger partial charge in [-0.3, -0.25) is 4.90 Å². The van der Waals surface area contributed by atoms with Crippen LogP contribution in [0.5, 0.6) is 0 Å². The number of rotatable bonds is 6. The first-order chi connectivity index (χ1) is 10.3. The van der Waals surface area contributed by atoms with Crippen LogP contribution in [-0.4, -0.2) is 24.0 Å². The van der Waals surface area contributed by atoms with Crippen molar-refractivity contribution in [2.45, 2.75) is 69.9 Å². The molecule has 0 spiro atoms. The van der Waals surface area contributed by atoms with Crippen molar-refractivity contribution in [3.63, 3.8) is 0 Å². The molecule has 116 valence electrons. The summed E-state index contributed by atoms with van der Waals surface area (Å²) in [5, 5.41) is 0. The molecular weight excluding hydrogens is 256 g/mol. The van der Waals surface area contributed by atoms with Crippen LogP contribution in [-0.2, 0) is 0 Å². The molecule has 1 saturated heterocycles. The molecule has 0 radical (unpaired) electrons. The molecule has 2 aliphatic rings. The van der Waals surface area contributed by atoms with Crippen LogP contribution >= 0.6 is 0 Å². The SMILES string of the molecule is CCCC1CCCCN1C(CN)c1ccc(C2CC2)cc1. The molecule has 1 aliphatic heterocycles. The van der Waals surface area contributed by atoms with E-state index in [0.717, 1.165) is 18.5 Å². The third-order valence-electron chi connectivity index (χ3n) is 5.29. The van der Waals surface area contributed by atoms with E-state index in [1.54, 1.807) is 0 Å². The zero-order chi connectivity index (χ0) is 14.7. The standard InChI is InChI=1S/C19H30N2/c1-2-5-18-6-3-4-13-21(18)19(14-20)17-11-9-16(10-12-17)15-7-8-15/h9-12,15,18-19H,2-8,13-14,20H2,1H3. The molecule has 3 rings (SSSR count). The first-order valence-electron chi connectivity index (χ1n) is 8.89. The lowest BCUT2D eigenvalue weighted by molar-refractivity contribution is 0.0912. The molecule has 1 aliphatic carbocycles. The largest absolute Gasteiger partial charge is 0.329 e. The number of nitrogens with zero attached hydrogens (tertiary/aromatic N) is 1. The normalized spacial score (nSPS) is 25.0. The third-order valence-corrected chi connectivity index (χ3v) is 5.29. The van der Waals surface area contributed by atoms with Gasteiger partial charge in [0.1, 0.15) is 0 Å². The number of likely N-dealkylation sites (tertiary alicyclic amines) is 1. The van der Waals surface area contributed by atoms with Crippen LogP contribution in [0.4, 0.5) is 0 Å². The fraction of sp³-hybridized carbons (Fsp3) is 0.684. The molecular formula is C19H30N2. The Kier molecular flexibility index (Phi) is 4.97. The zero-order valence-electron chi connectivity index (χ0n) is 13.4. The summed E-state index contributed by atoms with van der Waals surface area (Å²) in [6.45, 7) is 4.26. The summed E-state index contributed by atoms with van der Waals surface area (Å²) in [7, 11) is 0. The monoisotopic (exact) mass is 286 g/mol. The van der Waals surface area contributed by atoms with E-state index in [1.165, 1.54) is 62.6 Å². The molecule has 2 heteroatoms. The predicted molar refractivity (Wildman–Crippen MR) is 89.5 cm³/mol. The highest BCUT2D eigenvalue weighted by Crippen LogP contribution is 2.40. The highest BCUT2D eigenvalue weighted by Gasteiger charge is 2.29. The van der Waals surface area contributed by atoms with Gasteiger partial charge in [-0.15, -0.1) is 0 Å². The van der Waals surface area contributed by atoms with Gasteiger partial charge in [-0.25, -0.2) is 0 Å². The molecule has 2 fully saturated rings. The number of piperidine rings is 1. The summed E-state index contributed by atoms with van der Waals surface area (Å²) in [6.07, 6.45) is 9.42.